The van der Waals surface area contributed by atoms with E-state index in [1.807, 2.05) is 56.3 Å². The van der Waals surface area contributed by atoms with Gasteiger partial charge >= 0.3 is 0 Å². The van der Waals surface area contributed by atoms with Crippen LogP contribution in [-0.4, -0.2) is 39.7 Å². The molecule has 0 bridgehead atoms. The lowest BCUT2D eigenvalue weighted by Gasteiger charge is -2.48. The van der Waals surface area contributed by atoms with Crippen molar-refractivity contribution in [2.45, 2.75) is 57.8 Å². The fourth-order valence-electron chi connectivity index (χ4n) is 6.39. The lowest BCUT2D eigenvalue weighted by Crippen LogP contribution is -2.58. The van der Waals surface area contributed by atoms with Gasteiger partial charge in [-0.15, -0.1) is 0 Å². The van der Waals surface area contributed by atoms with Gasteiger partial charge in [-0.2, -0.15) is 0 Å². The molecule has 8 unspecified atom stereocenters. The zero-order valence-corrected chi connectivity index (χ0v) is 19.7. The SMILES string of the molecule is C=C1C(C)C2C(Cc3ccccc3)NC(=O)C23C(=O)C=CC(C)(O)CC(C)CC=CC3C1O. The predicted molar refractivity (Wildman–Crippen MR) is 128 cm³/mol. The Morgan fingerprint density at radius 2 is 1.88 bits per heavy atom. The van der Waals surface area contributed by atoms with Crippen LogP contribution in [0.3, 0.4) is 0 Å². The molecular formula is C28H35NO4. The fraction of sp³-hybridized carbons (Fsp3) is 0.500. The molecule has 1 saturated carbocycles. The Labute approximate surface area is 196 Å². The molecule has 1 aliphatic heterocycles. The Morgan fingerprint density at radius 1 is 1.18 bits per heavy atom. The quantitative estimate of drug-likeness (QED) is 0.477. The summed E-state index contributed by atoms with van der Waals surface area (Å²) < 4.78 is 0. The topological polar surface area (TPSA) is 86.6 Å². The summed E-state index contributed by atoms with van der Waals surface area (Å²) in [5.41, 5.74) is -0.870. The molecule has 0 radical (unpaired) electrons. The summed E-state index contributed by atoms with van der Waals surface area (Å²) in [5, 5.41) is 25.2. The van der Waals surface area contributed by atoms with Crippen LogP contribution in [0.25, 0.3) is 0 Å². The van der Waals surface area contributed by atoms with Gasteiger partial charge in [-0.25, -0.2) is 0 Å². The van der Waals surface area contributed by atoms with Crippen LogP contribution in [0, 0.1) is 29.1 Å². The van der Waals surface area contributed by atoms with E-state index in [4.69, 9.17) is 0 Å². The van der Waals surface area contributed by atoms with Crippen molar-refractivity contribution < 1.29 is 19.8 Å². The summed E-state index contributed by atoms with van der Waals surface area (Å²) in [6, 6.07) is 9.64. The van der Waals surface area contributed by atoms with Crippen LogP contribution in [-0.2, 0) is 16.0 Å². The third-order valence-corrected chi connectivity index (χ3v) is 7.96. The molecule has 1 aromatic carbocycles. The number of aliphatic hydroxyl groups is 2. The highest BCUT2D eigenvalue weighted by Crippen LogP contribution is 2.56. The summed E-state index contributed by atoms with van der Waals surface area (Å²) in [5.74, 6) is -1.84. The van der Waals surface area contributed by atoms with Crippen LogP contribution in [0.15, 0.2) is 66.8 Å². The van der Waals surface area contributed by atoms with Gasteiger partial charge in [0.1, 0.15) is 5.41 Å². The van der Waals surface area contributed by atoms with Crippen molar-refractivity contribution >= 4 is 11.7 Å². The van der Waals surface area contributed by atoms with Crippen LogP contribution in [0.4, 0.5) is 0 Å². The second kappa shape index (κ2) is 8.69. The number of hydrogen-bond donors (Lipinski definition) is 3. The Kier molecular flexibility index (Phi) is 6.23. The van der Waals surface area contributed by atoms with Crippen LogP contribution in [0.1, 0.15) is 39.2 Å². The molecule has 3 aliphatic rings. The second-order valence-electron chi connectivity index (χ2n) is 10.5. The van der Waals surface area contributed by atoms with Gasteiger partial charge in [-0.1, -0.05) is 62.9 Å². The van der Waals surface area contributed by atoms with E-state index in [0.717, 1.165) is 5.56 Å². The Balaban J connectivity index is 1.86. The zero-order valence-electron chi connectivity index (χ0n) is 19.7. The number of ketones is 1. The van der Waals surface area contributed by atoms with Crippen molar-refractivity contribution in [3.63, 3.8) is 0 Å². The average Bonchev–Trinajstić information content (AvgIpc) is 3.04. The van der Waals surface area contributed by atoms with Gasteiger partial charge in [0.25, 0.3) is 0 Å². The summed E-state index contributed by atoms with van der Waals surface area (Å²) in [7, 11) is 0. The third kappa shape index (κ3) is 4.02. The second-order valence-corrected chi connectivity index (χ2v) is 10.5. The average molecular weight is 450 g/mol. The van der Waals surface area contributed by atoms with Gasteiger partial charge in [-0.3, -0.25) is 9.59 Å². The van der Waals surface area contributed by atoms with E-state index in [9.17, 15) is 19.8 Å². The van der Waals surface area contributed by atoms with Gasteiger partial charge < -0.3 is 15.5 Å². The molecule has 0 aromatic heterocycles. The minimum absolute atomic E-state index is 0.173. The smallest absolute Gasteiger partial charge is 0.235 e. The highest BCUT2D eigenvalue weighted by atomic mass is 16.3. The minimum Gasteiger partial charge on any atom is -0.388 e. The molecule has 1 saturated heterocycles. The number of nitrogens with one attached hydrogen (secondary N) is 1. The van der Waals surface area contributed by atoms with Gasteiger partial charge in [0.2, 0.25) is 5.91 Å². The van der Waals surface area contributed by atoms with E-state index in [1.54, 1.807) is 6.92 Å². The number of allylic oxidation sites excluding steroid dienone is 2. The van der Waals surface area contributed by atoms with E-state index < -0.39 is 23.0 Å². The molecule has 176 valence electrons. The number of hydrogen-bond acceptors (Lipinski definition) is 4. The lowest BCUT2D eigenvalue weighted by molar-refractivity contribution is -0.148. The van der Waals surface area contributed by atoms with Crippen LogP contribution >= 0.6 is 0 Å². The van der Waals surface area contributed by atoms with Crippen molar-refractivity contribution in [2.24, 2.45) is 29.1 Å². The molecule has 5 nitrogen and oxygen atoms in total. The van der Waals surface area contributed by atoms with Crippen LogP contribution in [0.2, 0.25) is 0 Å². The predicted octanol–water partition coefficient (Wildman–Crippen LogP) is 3.38. The number of amides is 1. The first-order valence-electron chi connectivity index (χ1n) is 11.9. The van der Waals surface area contributed by atoms with E-state index in [0.29, 0.717) is 24.8 Å². The fourth-order valence-corrected chi connectivity index (χ4v) is 6.39. The monoisotopic (exact) mass is 449 g/mol. The largest absolute Gasteiger partial charge is 0.388 e. The van der Waals surface area contributed by atoms with Crippen molar-refractivity contribution in [2.75, 3.05) is 0 Å². The van der Waals surface area contributed by atoms with Gasteiger partial charge in [0.05, 0.1) is 11.7 Å². The van der Waals surface area contributed by atoms with Gasteiger partial charge in [-0.05, 0) is 61.3 Å². The maximum absolute atomic E-state index is 13.9. The minimum atomic E-state index is -1.45. The van der Waals surface area contributed by atoms with Gasteiger partial charge in [0.15, 0.2) is 5.78 Å². The van der Waals surface area contributed by atoms with E-state index in [-0.39, 0.29) is 35.5 Å². The van der Waals surface area contributed by atoms with E-state index in [1.165, 1.54) is 12.2 Å². The van der Waals surface area contributed by atoms with Crippen molar-refractivity contribution in [3.8, 4) is 0 Å². The molecule has 1 spiro atoms. The van der Waals surface area contributed by atoms with Gasteiger partial charge in [0, 0.05) is 17.9 Å². The molecule has 3 N–H and O–H groups in total. The Hall–Kier alpha value is -2.50. The number of aliphatic hydroxyl groups excluding tert-OH is 1. The number of rotatable bonds is 2. The first kappa shape index (κ1) is 23.7. The molecule has 1 heterocycles. The Bertz CT molecular complexity index is 994. The Morgan fingerprint density at radius 3 is 2.58 bits per heavy atom. The summed E-state index contributed by atoms with van der Waals surface area (Å²) in [6.07, 6.45) is 7.48. The molecule has 5 heteroatoms. The van der Waals surface area contributed by atoms with Crippen molar-refractivity contribution in [3.05, 3.63) is 72.4 Å². The standard InChI is InChI=1S/C28H35NO4/c1-17-9-8-12-21-25(31)19(3)18(2)24-22(15-20-10-6-5-7-11-20)29-26(32)28(21,24)23(30)13-14-27(4,33)16-17/h5-8,10-14,17-18,21-22,24-25,31,33H,3,9,15-16H2,1-2,4H3,(H,29,32). The molecule has 1 aromatic rings. The third-order valence-electron chi connectivity index (χ3n) is 7.96. The summed E-state index contributed by atoms with van der Waals surface area (Å²) in [6.45, 7) is 9.86. The highest BCUT2D eigenvalue weighted by Gasteiger charge is 2.68. The first-order valence-corrected chi connectivity index (χ1v) is 11.9. The summed E-state index contributed by atoms with van der Waals surface area (Å²) in [4.78, 5) is 27.7. The van der Waals surface area contributed by atoms with Crippen LogP contribution < -0.4 is 5.32 Å². The van der Waals surface area contributed by atoms with Crippen LogP contribution in [0.5, 0.6) is 0 Å². The summed E-state index contributed by atoms with van der Waals surface area (Å²) >= 11 is 0. The lowest BCUT2D eigenvalue weighted by atomic mass is 9.52. The molecule has 8 atom stereocenters. The molecule has 33 heavy (non-hydrogen) atoms. The zero-order chi connectivity index (χ0) is 24.0. The van der Waals surface area contributed by atoms with E-state index in [2.05, 4.69) is 11.9 Å². The van der Waals surface area contributed by atoms with Crippen molar-refractivity contribution in [1.82, 2.24) is 5.32 Å². The molecule has 4 rings (SSSR count). The first-order chi connectivity index (χ1) is 15.6. The maximum atomic E-state index is 13.9. The highest BCUT2D eigenvalue weighted by molar-refractivity contribution is 6.13. The molecule has 2 fully saturated rings. The molecular weight excluding hydrogens is 414 g/mol. The van der Waals surface area contributed by atoms with E-state index >= 15 is 0 Å². The maximum Gasteiger partial charge on any atom is 0.235 e. The number of carbonyl (C=O) groups excluding carboxylic acids is 2. The number of benzene rings is 1. The number of carbonyl (C=O) groups is 2. The molecule has 1 amide bonds. The molecule has 2 aliphatic carbocycles. The van der Waals surface area contributed by atoms with Crippen molar-refractivity contribution in [1.29, 1.82) is 0 Å². The normalized spacial score (nSPS) is 41.2.